The van der Waals surface area contributed by atoms with Crippen LogP contribution in [0, 0.1) is 10.1 Å². The Morgan fingerprint density at radius 3 is 2.59 bits per heavy atom. The van der Waals surface area contributed by atoms with Crippen molar-refractivity contribution in [2.45, 2.75) is 6.61 Å². The average Bonchev–Trinajstić information content (AvgIpc) is 3.08. The van der Waals surface area contributed by atoms with E-state index in [2.05, 4.69) is 15.5 Å². The molecule has 0 saturated carbocycles. The molecule has 8 heteroatoms. The third kappa shape index (κ3) is 2.90. The van der Waals surface area contributed by atoms with E-state index in [0.29, 0.717) is 11.3 Å². The molecule has 0 spiro atoms. The molecule has 3 rings (SSSR count). The number of nitro groups is 1. The standard InChI is InChI=1S/C14H11N5O3/c20-19(21)14-4-2-1-3-11(14)9-22-13-7-5-12(6-8-13)18-10-15-16-17-18/h1-8,10H,9H2. The second kappa shape index (κ2) is 6.00. The van der Waals surface area contributed by atoms with Gasteiger partial charge in [-0.3, -0.25) is 10.1 Å². The molecule has 1 heterocycles. The fraction of sp³-hybridized carbons (Fsp3) is 0.0714. The average molecular weight is 297 g/mol. The van der Waals surface area contributed by atoms with E-state index in [0.717, 1.165) is 5.69 Å². The number of tetrazole rings is 1. The van der Waals surface area contributed by atoms with Crippen molar-refractivity contribution in [3.63, 3.8) is 0 Å². The number of nitrogens with zero attached hydrogens (tertiary/aromatic N) is 5. The minimum atomic E-state index is -0.417. The van der Waals surface area contributed by atoms with Crippen molar-refractivity contribution in [1.29, 1.82) is 0 Å². The number of hydrogen-bond acceptors (Lipinski definition) is 6. The van der Waals surface area contributed by atoms with Gasteiger partial charge in [-0.1, -0.05) is 12.1 Å². The molecule has 0 fully saturated rings. The molecule has 0 amide bonds. The fourth-order valence-corrected chi connectivity index (χ4v) is 1.95. The molecular formula is C14H11N5O3. The van der Waals surface area contributed by atoms with Gasteiger partial charge in [0.05, 0.1) is 16.2 Å². The van der Waals surface area contributed by atoms with Gasteiger partial charge < -0.3 is 4.74 Å². The first-order valence-corrected chi connectivity index (χ1v) is 6.42. The van der Waals surface area contributed by atoms with E-state index in [1.807, 2.05) is 0 Å². The molecular weight excluding hydrogens is 286 g/mol. The highest BCUT2D eigenvalue weighted by atomic mass is 16.6. The van der Waals surface area contributed by atoms with Gasteiger partial charge in [-0.15, -0.1) is 5.10 Å². The van der Waals surface area contributed by atoms with Crippen LogP contribution in [0.2, 0.25) is 0 Å². The zero-order chi connectivity index (χ0) is 15.4. The van der Waals surface area contributed by atoms with Gasteiger partial charge in [0.1, 0.15) is 18.7 Å². The summed E-state index contributed by atoms with van der Waals surface area (Å²) in [6.45, 7) is 0.126. The molecule has 0 aliphatic rings. The van der Waals surface area contributed by atoms with Gasteiger partial charge in [0.25, 0.3) is 5.69 Å². The van der Waals surface area contributed by atoms with E-state index < -0.39 is 4.92 Å². The summed E-state index contributed by atoms with van der Waals surface area (Å²) in [6, 6.07) is 13.6. The van der Waals surface area contributed by atoms with Crippen LogP contribution in [-0.2, 0) is 6.61 Å². The third-order valence-electron chi connectivity index (χ3n) is 3.03. The van der Waals surface area contributed by atoms with Gasteiger partial charge >= 0.3 is 0 Å². The van der Waals surface area contributed by atoms with Crippen LogP contribution in [0.4, 0.5) is 5.69 Å². The van der Waals surface area contributed by atoms with Crippen molar-refractivity contribution in [3.05, 3.63) is 70.5 Å². The summed E-state index contributed by atoms with van der Waals surface area (Å²) in [6.07, 6.45) is 1.49. The van der Waals surface area contributed by atoms with Crippen LogP contribution in [0.25, 0.3) is 5.69 Å². The molecule has 0 aliphatic carbocycles. The molecule has 0 radical (unpaired) electrons. The molecule has 2 aromatic carbocycles. The summed E-state index contributed by atoms with van der Waals surface area (Å²) in [5.74, 6) is 0.606. The van der Waals surface area contributed by atoms with Gasteiger partial charge in [0.15, 0.2) is 0 Å². The van der Waals surface area contributed by atoms with E-state index in [9.17, 15) is 10.1 Å². The molecule has 0 atom stereocenters. The Balaban J connectivity index is 1.71. The monoisotopic (exact) mass is 297 g/mol. The summed E-state index contributed by atoms with van der Waals surface area (Å²) in [7, 11) is 0. The van der Waals surface area contributed by atoms with E-state index in [4.69, 9.17) is 4.74 Å². The number of benzene rings is 2. The minimum absolute atomic E-state index is 0.0489. The van der Waals surface area contributed by atoms with Crippen molar-refractivity contribution in [3.8, 4) is 11.4 Å². The first kappa shape index (κ1) is 13.7. The van der Waals surface area contributed by atoms with Crippen LogP contribution in [-0.4, -0.2) is 25.1 Å². The highest BCUT2D eigenvalue weighted by Gasteiger charge is 2.12. The Hall–Kier alpha value is -3.29. The number of para-hydroxylation sites is 1. The van der Waals surface area contributed by atoms with E-state index >= 15 is 0 Å². The maximum atomic E-state index is 10.9. The molecule has 22 heavy (non-hydrogen) atoms. The predicted octanol–water partition coefficient (Wildman–Crippen LogP) is 2.15. The van der Waals surface area contributed by atoms with Crippen molar-refractivity contribution in [1.82, 2.24) is 20.2 Å². The zero-order valence-electron chi connectivity index (χ0n) is 11.4. The summed E-state index contributed by atoms with van der Waals surface area (Å²) in [4.78, 5) is 10.5. The Morgan fingerprint density at radius 2 is 1.91 bits per heavy atom. The van der Waals surface area contributed by atoms with Gasteiger partial charge in [-0.05, 0) is 40.8 Å². The Bertz CT molecular complexity index is 771. The quantitative estimate of drug-likeness (QED) is 0.529. The van der Waals surface area contributed by atoms with E-state index in [1.54, 1.807) is 42.5 Å². The topological polar surface area (TPSA) is 96.0 Å². The molecule has 0 unspecified atom stereocenters. The molecule has 0 aliphatic heterocycles. The molecule has 8 nitrogen and oxygen atoms in total. The van der Waals surface area contributed by atoms with Crippen LogP contribution >= 0.6 is 0 Å². The van der Waals surface area contributed by atoms with Crippen molar-refractivity contribution in [2.24, 2.45) is 0 Å². The first-order valence-electron chi connectivity index (χ1n) is 6.42. The summed E-state index contributed by atoms with van der Waals surface area (Å²) in [5, 5.41) is 21.8. The van der Waals surface area contributed by atoms with Gasteiger partial charge in [-0.25, -0.2) is 4.68 Å². The second-order valence-electron chi connectivity index (χ2n) is 4.42. The van der Waals surface area contributed by atoms with Crippen molar-refractivity contribution >= 4 is 5.69 Å². The third-order valence-corrected chi connectivity index (χ3v) is 3.03. The lowest BCUT2D eigenvalue weighted by molar-refractivity contribution is -0.385. The summed E-state index contributed by atoms with van der Waals surface area (Å²) >= 11 is 0. The normalized spacial score (nSPS) is 10.4. The number of ether oxygens (including phenoxy) is 1. The highest BCUT2D eigenvalue weighted by Crippen LogP contribution is 2.21. The lowest BCUT2D eigenvalue weighted by Crippen LogP contribution is -2.00. The first-order chi connectivity index (χ1) is 10.7. The minimum Gasteiger partial charge on any atom is -0.489 e. The smallest absolute Gasteiger partial charge is 0.276 e. The largest absolute Gasteiger partial charge is 0.489 e. The Labute approximate surface area is 125 Å². The fourth-order valence-electron chi connectivity index (χ4n) is 1.95. The number of hydrogen-bond donors (Lipinski definition) is 0. The molecule has 0 saturated heterocycles. The lowest BCUT2D eigenvalue weighted by atomic mass is 10.2. The van der Waals surface area contributed by atoms with Gasteiger partial charge in [0, 0.05) is 6.07 Å². The SMILES string of the molecule is O=[N+]([O-])c1ccccc1COc1ccc(-n2cnnn2)cc1. The van der Waals surface area contributed by atoms with E-state index in [1.165, 1.54) is 17.1 Å². The van der Waals surface area contributed by atoms with Crippen molar-refractivity contribution < 1.29 is 9.66 Å². The zero-order valence-corrected chi connectivity index (χ0v) is 11.4. The summed E-state index contributed by atoms with van der Waals surface area (Å²) < 4.78 is 7.11. The van der Waals surface area contributed by atoms with Gasteiger partial charge in [-0.2, -0.15) is 0 Å². The molecule has 110 valence electrons. The molecule has 1 aromatic heterocycles. The second-order valence-corrected chi connectivity index (χ2v) is 4.42. The van der Waals surface area contributed by atoms with Gasteiger partial charge in [0.2, 0.25) is 0 Å². The number of nitro benzene ring substituents is 1. The van der Waals surface area contributed by atoms with Crippen LogP contribution in [0.3, 0.4) is 0 Å². The van der Waals surface area contributed by atoms with Crippen LogP contribution in [0.15, 0.2) is 54.9 Å². The Kier molecular flexibility index (Phi) is 3.73. The van der Waals surface area contributed by atoms with E-state index in [-0.39, 0.29) is 12.3 Å². The molecule has 0 N–H and O–H groups in total. The summed E-state index contributed by atoms with van der Waals surface area (Å²) in [5.41, 5.74) is 1.37. The molecule has 0 bridgehead atoms. The van der Waals surface area contributed by atoms with Crippen LogP contribution in [0.1, 0.15) is 5.56 Å². The van der Waals surface area contributed by atoms with Crippen LogP contribution < -0.4 is 4.74 Å². The Morgan fingerprint density at radius 1 is 1.14 bits per heavy atom. The number of aromatic nitrogens is 4. The van der Waals surface area contributed by atoms with Crippen molar-refractivity contribution in [2.75, 3.05) is 0 Å². The highest BCUT2D eigenvalue weighted by molar-refractivity contribution is 5.40. The maximum absolute atomic E-state index is 10.9. The maximum Gasteiger partial charge on any atom is 0.276 e. The predicted molar refractivity (Wildman–Crippen MR) is 76.6 cm³/mol. The van der Waals surface area contributed by atoms with Crippen LogP contribution in [0.5, 0.6) is 5.75 Å². The molecule has 3 aromatic rings. The lowest BCUT2D eigenvalue weighted by Gasteiger charge is -2.07. The number of rotatable bonds is 5.